The van der Waals surface area contributed by atoms with Crippen LogP contribution in [0.15, 0.2) is 24.3 Å². The molecule has 2 saturated heterocycles. The minimum atomic E-state index is -0.373. The summed E-state index contributed by atoms with van der Waals surface area (Å²) in [7, 11) is 1.86. The monoisotopic (exact) mass is 331 g/mol. The zero-order chi connectivity index (χ0) is 16.9. The molecule has 2 heterocycles. The second-order valence-electron chi connectivity index (χ2n) is 6.47. The third-order valence-electron chi connectivity index (χ3n) is 4.78. The van der Waals surface area contributed by atoms with Crippen LogP contribution in [-0.4, -0.2) is 55.6 Å². The number of anilines is 1. The maximum atomic E-state index is 12.7. The lowest BCUT2D eigenvalue weighted by atomic mass is 10.0. The molecule has 6 nitrogen and oxygen atoms in total. The summed E-state index contributed by atoms with van der Waals surface area (Å²) >= 11 is 0. The maximum absolute atomic E-state index is 12.7. The number of carbonyl (C=O) groups excluding carboxylic acids is 2. The Morgan fingerprint density at radius 2 is 2.04 bits per heavy atom. The van der Waals surface area contributed by atoms with Crippen LogP contribution >= 0.6 is 0 Å². The standard InChI is InChI=1S/C18H25N3O3/c1-21(15-7-9-19-10-8-15)18(23)13-4-2-5-14(12-13)20-17(22)16-6-3-11-24-16/h2,4-5,12,15-16,19H,3,6-11H2,1H3,(H,20,22). The lowest BCUT2D eigenvalue weighted by molar-refractivity contribution is -0.124. The van der Waals surface area contributed by atoms with Gasteiger partial charge in [-0.2, -0.15) is 0 Å². The van der Waals surface area contributed by atoms with Gasteiger partial charge in [-0.3, -0.25) is 9.59 Å². The molecular weight excluding hydrogens is 306 g/mol. The van der Waals surface area contributed by atoms with Crippen LogP contribution in [0, 0.1) is 0 Å². The summed E-state index contributed by atoms with van der Waals surface area (Å²) in [5.74, 6) is -0.140. The lowest BCUT2D eigenvalue weighted by Crippen LogP contribution is -2.43. The Labute approximate surface area is 142 Å². The fourth-order valence-corrected chi connectivity index (χ4v) is 3.30. The highest BCUT2D eigenvalue weighted by Crippen LogP contribution is 2.18. The molecule has 130 valence electrons. The Morgan fingerprint density at radius 3 is 2.75 bits per heavy atom. The van der Waals surface area contributed by atoms with Gasteiger partial charge in [0.05, 0.1) is 0 Å². The van der Waals surface area contributed by atoms with Crippen molar-refractivity contribution < 1.29 is 14.3 Å². The molecule has 6 heteroatoms. The molecule has 2 N–H and O–H groups in total. The molecule has 1 atom stereocenters. The van der Waals surface area contributed by atoms with E-state index in [0.29, 0.717) is 17.9 Å². The van der Waals surface area contributed by atoms with Crippen LogP contribution in [0.5, 0.6) is 0 Å². The van der Waals surface area contributed by atoms with E-state index in [4.69, 9.17) is 4.74 Å². The number of ether oxygens (including phenoxy) is 1. The Bertz CT molecular complexity index is 593. The van der Waals surface area contributed by atoms with Crippen LogP contribution in [0.2, 0.25) is 0 Å². The van der Waals surface area contributed by atoms with Gasteiger partial charge >= 0.3 is 0 Å². The minimum absolute atomic E-state index is 0.00452. The van der Waals surface area contributed by atoms with Crippen LogP contribution in [0.25, 0.3) is 0 Å². The zero-order valence-electron chi connectivity index (χ0n) is 14.1. The SMILES string of the molecule is CN(C(=O)c1cccc(NC(=O)C2CCCO2)c1)C1CCNCC1. The average molecular weight is 331 g/mol. The first-order valence-electron chi connectivity index (χ1n) is 8.65. The van der Waals surface area contributed by atoms with Crippen LogP contribution in [0.1, 0.15) is 36.0 Å². The summed E-state index contributed by atoms with van der Waals surface area (Å²) in [6, 6.07) is 7.40. The number of rotatable bonds is 4. The van der Waals surface area contributed by atoms with E-state index in [1.165, 1.54) is 0 Å². The molecule has 1 unspecified atom stereocenters. The number of carbonyl (C=O) groups is 2. The zero-order valence-corrected chi connectivity index (χ0v) is 14.1. The van der Waals surface area contributed by atoms with Crippen molar-refractivity contribution in [1.29, 1.82) is 0 Å². The molecule has 0 aliphatic carbocycles. The Morgan fingerprint density at radius 1 is 1.25 bits per heavy atom. The second-order valence-corrected chi connectivity index (χ2v) is 6.47. The molecule has 0 radical (unpaired) electrons. The second kappa shape index (κ2) is 7.77. The van der Waals surface area contributed by atoms with Crippen molar-refractivity contribution >= 4 is 17.5 Å². The van der Waals surface area contributed by atoms with Gasteiger partial charge in [-0.25, -0.2) is 0 Å². The molecule has 1 aromatic rings. The number of amides is 2. The Balaban J connectivity index is 1.65. The molecule has 2 aliphatic rings. The van der Waals surface area contributed by atoms with Gasteiger partial charge < -0.3 is 20.3 Å². The number of benzene rings is 1. The first-order chi connectivity index (χ1) is 11.6. The average Bonchev–Trinajstić information content (AvgIpc) is 3.16. The Kier molecular flexibility index (Phi) is 5.48. The normalized spacial score (nSPS) is 21.5. The van der Waals surface area contributed by atoms with Crippen molar-refractivity contribution in [3.8, 4) is 0 Å². The highest BCUT2D eigenvalue weighted by molar-refractivity contribution is 5.98. The molecule has 3 rings (SSSR count). The quantitative estimate of drug-likeness (QED) is 0.880. The van der Waals surface area contributed by atoms with Crippen LogP contribution < -0.4 is 10.6 Å². The van der Waals surface area contributed by atoms with E-state index < -0.39 is 0 Å². The van der Waals surface area contributed by atoms with Gasteiger partial charge in [0.15, 0.2) is 0 Å². The molecule has 1 aromatic carbocycles. The molecule has 2 amide bonds. The molecule has 0 saturated carbocycles. The molecule has 0 bridgehead atoms. The van der Waals surface area contributed by atoms with Gasteiger partial charge in [-0.1, -0.05) is 6.07 Å². The third kappa shape index (κ3) is 3.94. The van der Waals surface area contributed by atoms with Gasteiger partial charge in [0.1, 0.15) is 6.10 Å². The number of hydrogen-bond donors (Lipinski definition) is 2. The first kappa shape index (κ1) is 16.9. The number of piperidine rings is 1. The predicted octanol–water partition coefficient (Wildman–Crippen LogP) is 1.63. The van der Waals surface area contributed by atoms with Crippen molar-refractivity contribution in [1.82, 2.24) is 10.2 Å². The minimum Gasteiger partial charge on any atom is -0.368 e. The van der Waals surface area contributed by atoms with Gasteiger partial charge in [0.2, 0.25) is 0 Å². The van der Waals surface area contributed by atoms with E-state index in [9.17, 15) is 9.59 Å². The highest BCUT2D eigenvalue weighted by Gasteiger charge is 2.25. The lowest BCUT2D eigenvalue weighted by Gasteiger charge is -2.31. The van der Waals surface area contributed by atoms with Crippen molar-refractivity contribution in [2.75, 3.05) is 32.1 Å². The van der Waals surface area contributed by atoms with Crippen molar-refractivity contribution in [2.24, 2.45) is 0 Å². The van der Waals surface area contributed by atoms with Gasteiger partial charge in [-0.05, 0) is 57.0 Å². The maximum Gasteiger partial charge on any atom is 0.253 e. The summed E-state index contributed by atoms with van der Waals surface area (Å²) in [5, 5.41) is 6.16. The summed E-state index contributed by atoms with van der Waals surface area (Å²) in [6.45, 7) is 2.52. The molecule has 24 heavy (non-hydrogen) atoms. The number of hydrogen-bond acceptors (Lipinski definition) is 4. The number of nitrogens with zero attached hydrogens (tertiary/aromatic N) is 1. The van der Waals surface area contributed by atoms with E-state index in [1.54, 1.807) is 24.3 Å². The van der Waals surface area contributed by atoms with Crippen molar-refractivity contribution in [3.63, 3.8) is 0 Å². The summed E-state index contributed by atoms with van der Waals surface area (Å²) in [4.78, 5) is 26.7. The van der Waals surface area contributed by atoms with E-state index in [1.807, 2.05) is 11.9 Å². The smallest absolute Gasteiger partial charge is 0.253 e. The molecule has 2 fully saturated rings. The topological polar surface area (TPSA) is 70.7 Å². The van der Waals surface area contributed by atoms with Gasteiger partial charge in [0, 0.05) is 30.9 Å². The molecule has 0 spiro atoms. The molecule has 2 aliphatic heterocycles. The van der Waals surface area contributed by atoms with Crippen molar-refractivity contribution in [2.45, 2.75) is 37.8 Å². The van der Waals surface area contributed by atoms with E-state index in [-0.39, 0.29) is 24.0 Å². The fourth-order valence-electron chi connectivity index (χ4n) is 3.30. The summed E-state index contributed by atoms with van der Waals surface area (Å²) in [5.41, 5.74) is 1.24. The Hall–Kier alpha value is -1.92. The van der Waals surface area contributed by atoms with Crippen LogP contribution in [0.3, 0.4) is 0 Å². The van der Waals surface area contributed by atoms with Gasteiger partial charge in [0.25, 0.3) is 11.8 Å². The van der Waals surface area contributed by atoms with E-state index in [2.05, 4.69) is 10.6 Å². The molecular formula is C18H25N3O3. The molecule has 0 aromatic heterocycles. The first-order valence-corrected chi connectivity index (χ1v) is 8.65. The summed E-state index contributed by atoms with van der Waals surface area (Å²) in [6.07, 6.45) is 3.23. The van der Waals surface area contributed by atoms with Crippen LogP contribution in [-0.2, 0) is 9.53 Å². The predicted molar refractivity (Wildman–Crippen MR) is 92.0 cm³/mol. The fraction of sp³-hybridized carbons (Fsp3) is 0.556. The van der Waals surface area contributed by atoms with Crippen LogP contribution in [0.4, 0.5) is 5.69 Å². The summed E-state index contributed by atoms with van der Waals surface area (Å²) < 4.78 is 5.39. The third-order valence-corrected chi connectivity index (χ3v) is 4.78. The number of nitrogens with one attached hydrogen (secondary N) is 2. The van der Waals surface area contributed by atoms with E-state index >= 15 is 0 Å². The largest absolute Gasteiger partial charge is 0.368 e. The van der Waals surface area contributed by atoms with Crippen molar-refractivity contribution in [3.05, 3.63) is 29.8 Å². The highest BCUT2D eigenvalue weighted by atomic mass is 16.5. The van der Waals surface area contributed by atoms with Gasteiger partial charge in [-0.15, -0.1) is 0 Å². The van der Waals surface area contributed by atoms with E-state index in [0.717, 1.165) is 38.8 Å².